The largest absolute Gasteiger partial charge is 0.312 e. The number of hydrogen-bond acceptors (Lipinski definition) is 2. The van der Waals surface area contributed by atoms with Crippen LogP contribution in [-0.4, -0.2) is 6.54 Å². The molecule has 1 heterocycles. The van der Waals surface area contributed by atoms with Crippen molar-refractivity contribution in [3.05, 3.63) is 56.5 Å². The van der Waals surface area contributed by atoms with Crippen molar-refractivity contribution in [2.45, 2.75) is 19.9 Å². The minimum Gasteiger partial charge on any atom is -0.312 e. The summed E-state index contributed by atoms with van der Waals surface area (Å²) < 4.78 is 14.3. The molecule has 2 rings (SSSR count). The molecule has 1 N–H and O–H groups in total. The minimum absolute atomic E-state index is 0.146. The zero-order valence-electron chi connectivity index (χ0n) is 10.2. The van der Waals surface area contributed by atoms with Gasteiger partial charge in [0.2, 0.25) is 0 Å². The monoisotopic (exact) mass is 283 g/mol. The number of halogens is 2. The van der Waals surface area contributed by atoms with E-state index in [1.54, 1.807) is 17.4 Å². The fraction of sp³-hybridized carbons (Fsp3) is 0.286. The van der Waals surface area contributed by atoms with Gasteiger partial charge < -0.3 is 5.32 Å². The number of aryl methyl sites for hydroxylation is 1. The van der Waals surface area contributed by atoms with E-state index in [1.807, 2.05) is 25.1 Å². The predicted octanol–water partition coefficient (Wildman–Crippen LogP) is 4.18. The molecule has 0 fully saturated rings. The van der Waals surface area contributed by atoms with Crippen molar-refractivity contribution >= 4 is 22.9 Å². The lowest BCUT2D eigenvalue weighted by molar-refractivity contribution is 0.588. The van der Waals surface area contributed by atoms with E-state index in [0.29, 0.717) is 6.54 Å². The highest BCUT2D eigenvalue weighted by Crippen LogP contribution is 2.21. The maximum Gasteiger partial charge on any atom is 0.127 e. The molecule has 0 spiro atoms. The van der Waals surface area contributed by atoms with Crippen molar-refractivity contribution in [1.29, 1.82) is 0 Å². The predicted molar refractivity (Wildman–Crippen MR) is 75.9 cm³/mol. The summed E-state index contributed by atoms with van der Waals surface area (Å²) in [6, 6.07) is 9.12. The average Bonchev–Trinajstić information content (AvgIpc) is 2.75. The number of benzene rings is 1. The van der Waals surface area contributed by atoms with Crippen molar-refractivity contribution in [1.82, 2.24) is 5.32 Å². The lowest BCUT2D eigenvalue weighted by Crippen LogP contribution is -2.17. The Morgan fingerprint density at radius 2 is 2.11 bits per heavy atom. The lowest BCUT2D eigenvalue weighted by Gasteiger charge is -2.06. The standard InChI is InChI=1S/C14H15ClFNS/c1-10-2-4-13(16)11(8-10)9-17-7-6-12-3-5-14(15)18-12/h2-5,8,17H,6-7,9H2,1H3. The first-order valence-electron chi connectivity index (χ1n) is 5.85. The zero-order chi connectivity index (χ0) is 13.0. The normalized spacial score (nSPS) is 10.8. The Bertz CT molecular complexity index is 524. The lowest BCUT2D eigenvalue weighted by atomic mass is 10.1. The molecule has 1 aromatic carbocycles. The molecule has 18 heavy (non-hydrogen) atoms. The molecule has 0 saturated heterocycles. The molecule has 0 bridgehead atoms. The summed E-state index contributed by atoms with van der Waals surface area (Å²) in [5.41, 5.74) is 1.80. The van der Waals surface area contributed by atoms with Crippen LogP contribution < -0.4 is 5.32 Å². The third kappa shape index (κ3) is 3.80. The molecule has 0 unspecified atom stereocenters. The van der Waals surface area contributed by atoms with Crippen LogP contribution in [0.4, 0.5) is 4.39 Å². The molecule has 96 valence electrons. The number of thiophene rings is 1. The van der Waals surface area contributed by atoms with E-state index in [2.05, 4.69) is 5.32 Å². The second kappa shape index (κ2) is 6.32. The molecular formula is C14H15ClFNS. The fourth-order valence-corrected chi connectivity index (χ4v) is 2.85. The van der Waals surface area contributed by atoms with Crippen LogP contribution in [0.2, 0.25) is 4.34 Å². The number of rotatable bonds is 5. The molecule has 2 aromatic rings. The van der Waals surface area contributed by atoms with Crippen molar-refractivity contribution in [3.8, 4) is 0 Å². The summed E-state index contributed by atoms with van der Waals surface area (Å²) in [7, 11) is 0. The van der Waals surface area contributed by atoms with Gasteiger partial charge in [-0.05, 0) is 31.5 Å². The van der Waals surface area contributed by atoms with E-state index < -0.39 is 0 Å². The topological polar surface area (TPSA) is 12.0 Å². The summed E-state index contributed by atoms with van der Waals surface area (Å²) in [5, 5.41) is 3.25. The van der Waals surface area contributed by atoms with Gasteiger partial charge in [0, 0.05) is 23.5 Å². The van der Waals surface area contributed by atoms with E-state index in [9.17, 15) is 4.39 Å². The first-order chi connectivity index (χ1) is 8.65. The van der Waals surface area contributed by atoms with Crippen LogP contribution in [0, 0.1) is 12.7 Å². The van der Waals surface area contributed by atoms with Gasteiger partial charge in [-0.3, -0.25) is 0 Å². The van der Waals surface area contributed by atoms with E-state index in [4.69, 9.17) is 11.6 Å². The number of nitrogens with one attached hydrogen (secondary N) is 1. The Kier molecular flexibility index (Phi) is 4.75. The second-order valence-corrected chi connectivity index (χ2v) is 6.03. The fourth-order valence-electron chi connectivity index (χ4n) is 1.76. The Hall–Kier alpha value is -0.900. The highest BCUT2D eigenvalue weighted by Gasteiger charge is 2.02. The van der Waals surface area contributed by atoms with Crippen molar-refractivity contribution < 1.29 is 4.39 Å². The van der Waals surface area contributed by atoms with Crippen LogP contribution in [0.15, 0.2) is 30.3 Å². The van der Waals surface area contributed by atoms with Gasteiger partial charge in [0.05, 0.1) is 4.34 Å². The third-order valence-electron chi connectivity index (χ3n) is 2.69. The molecule has 1 nitrogen and oxygen atoms in total. The van der Waals surface area contributed by atoms with Crippen LogP contribution in [0.5, 0.6) is 0 Å². The van der Waals surface area contributed by atoms with Crippen molar-refractivity contribution in [3.63, 3.8) is 0 Å². The Labute approximate surface area is 116 Å². The molecule has 1 aromatic heterocycles. The Balaban J connectivity index is 1.80. The van der Waals surface area contributed by atoms with Gasteiger partial charge in [-0.25, -0.2) is 4.39 Å². The van der Waals surface area contributed by atoms with Crippen molar-refractivity contribution in [2.24, 2.45) is 0 Å². The first kappa shape index (κ1) is 13.5. The summed E-state index contributed by atoms with van der Waals surface area (Å²) in [6.45, 7) is 3.35. The molecule has 0 saturated carbocycles. The van der Waals surface area contributed by atoms with Crippen LogP contribution in [0.25, 0.3) is 0 Å². The van der Waals surface area contributed by atoms with E-state index in [1.165, 1.54) is 10.9 Å². The maximum absolute atomic E-state index is 13.5. The summed E-state index contributed by atoms with van der Waals surface area (Å²) >= 11 is 7.45. The van der Waals surface area contributed by atoms with Gasteiger partial charge in [0.15, 0.2) is 0 Å². The summed E-state index contributed by atoms with van der Waals surface area (Å²) in [4.78, 5) is 1.25. The maximum atomic E-state index is 13.5. The minimum atomic E-state index is -0.146. The van der Waals surface area contributed by atoms with Crippen molar-refractivity contribution in [2.75, 3.05) is 6.54 Å². The number of hydrogen-bond donors (Lipinski definition) is 1. The molecule has 0 radical (unpaired) electrons. The molecule has 0 amide bonds. The molecule has 0 aliphatic heterocycles. The van der Waals surface area contributed by atoms with E-state index in [-0.39, 0.29) is 5.82 Å². The third-order valence-corrected chi connectivity index (χ3v) is 3.98. The van der Waals surface area contributed by atoms with E-state index >= 15 is 0 Å². The van der Waals surface area contributed by atoms with Crippen LogP contribution in [0.1, 0.15) is 16.0 Å². The van der Waals surface area contributed by atoms with Gasteiger partial charge in [0.25, 0.3) is 0 Å². The quantitative estimate of drug-likeness (QED) is 0.812. The molecule has 0 aliphatic rings. The summed E-state index contributed by atoms with van der Waals surface area (Å²) in [6.07, 6.45) is 0.921. The van der Waals surface area contributed by atoms with Gasteiger partial charge in [0.1, 0.15) is 5.82 Å². The highest BCUT2D eigenvalue weighted by atomic mass is 35.5. The summed E-state index contributed by atoms with van der Waals surface area (Å²) in [5.74, 6) is -0.146. The molecule has 0 aliphatic carbocycles. The van der Waals surface area contributed by atoms with Gasteiger partial charge in [-0.2, -0.15) is 0 Å². The molecule has 0 atom stereocenters. The SMILES string of the molecule is Cc1ccc(F)c(CNCCc2ccc(Cl)s2)c1. The van der Waals surface area contributed by atoms with Crippen LogP contribution >= 0.6 is 22.9 Å². The first-order valence-corrected chi connectivity index (χ1v) is 7.04. The van der Waals surface area contributed by atoms with Crippen LogP contribution in [0.3, 0.4) is 0 Å². The highest BCUT2D eigenvalue weighted by molar-refractivity contribution is 7.16. The second-order valence-electron chi connectivity index (χ2n) is 4.23. The average molecular weight is 284 g/mol. The van der Waals surface area contributed by atoms with Gasteiger partial charge in [-0.15, -0.1) is 11.3 Å². The van der Waals surface area contributed by atoms with Gasteiger partial charge >= 0.3 is 0 Å². The Morgan fingerprint density at radius 3 is 2.83 bits per heavy atom. The zero-order valence-corrected chi connectivity index (χ0v) is 11.7. The van der Waals surface area contributed by atoms with E-state index in [0.717, 1.165) is 28.4 Å². The molecular weight excluding hydrogens is 269 g/mol. The Morgan fingerprint density at radius 1 is 1.28 bits per heavy atom. The van der Waals surface area contributed by atoms with Crippen LogP contribution in [-0.2, 0) is 13.0 Å². The van der Waals surface area contributed by atoms with Gasteiger partial charge in [-0.1, -0.05) is 29.3 Å². The smallest absolute Gasteiger partial charge is 0.127 e. The molecule has 4 heteroatoms.